The highest BCUT2D eigenvalue weighted by Gasteiger charge is 2.30. The summed E-state index contributed by atoms with van der Waals surface area (Å²) in [5.74, 6) is 2.64. The van der Waals surface area contributed by atoms with Gasteiger partial charge in [-0.05, 0) is 49.1 Å². The van der Waals surface area contributed by atoms with Crippen LogP contribution >= 0.6 is 11.8 Å². The van der Waals surface area contributed by atoms with Crippen molar-refractivity contribution >= 4 is 11.8 Å². The highest BCUT2D eigenvalue weighted by molar-refractivity contribution is 7.99. The van der Waals surface area contributed by atoms with Crippen LogP contribution in [0, 0.1) is 5.41 Å². The molecule has 16 heavy (non-hydrogen) atoms. The number of hydrogen-bond acceptors (Lipinski definition) is 2. The molecular formula is C14H29NS. The Kier molecular flexibility index (Phi) is 7.55. The molecule has 0 saturated heterocycles. The maximum atomic E-state index is 3.66. The van der Waals surface area contributed by atoms with Crippen LogP contribution in [0.15, 0.2) is 0 Å². The minimum absolute atomic E-state index is 0.648. The maximum absolute atomic E-state index is 3.66. The monoisotopic (exact) mass is 243 g/mol. The predicted octanol–water partition coefficient (Wildman–Crippen LogP) is 4.08. The lowest BCUT2D eigenvalue weighted by Crippen LogP contribution is -2.37. The van der Waals surface area contributed by atoms with E-state index in [9.17, 15) is 0 Å². The van der Waals surface area contributed by atoms with Crippen molar-refractivity contribution in [2.45, 2.75) is 58.8 Å². The summed E-state index contributed by atoms with van der Waals surface area (Å²) in [6.45, 7) is 6.99. The minimum Gasteiger partial charge on any atom is -0.316 e. The summed E-state index contributed by atoms with van der Waals surface area (Å²) in [4.78, 5) is 0. The number of thioether (sulfide) groups is 1. The Morgan fingerprint density at radius 3 is 2.50 bits per heavy atom. The third-order valence-corrected chi connectivity index (χ3v) is 4.72. The van der Waals surface area contributed by atoms with Gasteiger partial charge in [-0.2, -0.15) is 11.8 Å². The second-order valence-corrected chi connectivity index (χ2v) is 6.58. The van der Waals surface area contributed by atoms with Crippen molar-refractivity contribution in [2.75, 3.05) is 24.6 Å². The molecule has 0 atom stereocenters. The van der Waals surface area contributed by atoms with E-state index in [1.165, 1.54) is 69.5 Å². The largest absolute Gasteiger partial charge is 0.316 e. The molecular weight excluding hydrogens is 214 g/mol. The second kappa shape index (κ2) is 8.41. The molecule has 0 unspecified atom stereocenters. The molecule has 0 aromatic carbocycles. The smallest absolute Gasteiger partial charge is 0.000810 e. The van der Waals surface area contributed by atoms with Crippen molar-refractivity contribution in [1.82, 2.24) is 5.32 Å². The maximum Gasteiger partial charge on any atom is 0.000810 e. The van der Waals surface area contributed by atoms with Gasteiger partial charge in [0.1, 0.15) is 0 Å². The molecule has 1 saturated carbocycles. The van der Waals surface area contributed by atoms with Gasteiger partial charge in [0.15, 0.2) is 0 Å². The quantitative estimate of drug-likeness (QED) is 0.645. The third kappa shape index (κ3) is 5.09. The first kappa shape index (κ1) is 14.4. The average molecular weight is 243 g/mol. The summed E-state index contributed by atoms with van der Waals surface area (Å²) in [6.07, 6.45) is 10.0. The summed E-state index contributed by atoms with van der Waals surface area (Å²) in [6, 6.07) is 0. The van der Waals surface area contributed by atoms with Crippen molar-refractivity contribution in [3.05, 3.63) is 0 Å². The van der Waals surface area contributed by atoms with Crippen molar-refractivity contribution in [3.63, 3.8) is 0 Å². The molecule has 0 bridgehead atoms. The Morgan fingerprint density at radius 2 is 1.88 bits per heavy atom. The molecule has 0 aromatic heterocycles. The SMILES string of the molecule is CCCNCC1(CCSCC)CCCCC1. The van der Waals surface area contributed by atoms with Crippen LogP contribution in [0.3, 0.4) is 0 Å². The number of nitrogens with one attached hydrogen (secondary N) is 1. The lowest BCUT2D eigenvalue weighted by atomic mass is 9.72. The molecule has 0 aromatic rings. The van der Waals surface area contributed by atoms with Gasteiger partial charge in [0.2, 0.25) is 0 Å². The first-order valence-corrected chi connectivity index (χ1v) is 8.27. The molecule has 1 rings (SSSR count). The molecule has 1 fully saturated rings. The molecule has 2 heteroatoms. The van der Waals surface area contributed by atoms with Crippen LogP contribution in [0.1, 0.15) is 58.8 Å². The zero-order valence-electron chi connectivity index (χ0n) is 11.2. The topological polar surface area (TPSA) is 12.0 Å². The van der Waals surface area contributed by atoms with Crippen LogP contribution in [-0.4, -0.2) is 24.6 Å². The van der Waals surface area contributed by atoms with Gasteiger partial charge in [0.05, 0.1) is 0 Å². The van der Waals surface area contributed by atoms with E-state index in [2.05, 4.69) is 30.9 Å². The van der Waals surface area contributed by atoms with E-state index in [-0.39, 0.29) is 0 Å². The zero-order valence-corrected chi connectivity index (χ0v) is 12.0. The first-order valence-electron chi connectivity index (χ1n) is 7.11. The summed E-state index contributed by atoms with van der Waals surface area (Å²) in [5, 5.41) is 3.66. The van der Waals surface area contributed by atoms with E-state index >= 15 is 0 Å². The van der Waals surface area contributed by atoms with E-state index in [0.29, 0.717) is 5.41 Å². The Morgan fingerprint density at radius 1 is 1.12 bits per heavy atom. The van der Waals surface area contributed by atoms with Gasteiger partial charge in [-0.3, -0.25) is 0 Å². The van der Waals surface area contributed by atoms with Gasteiger partial charge >= 0.3 is 0 Å². The van der Waals surface area contributed by atoms with Crippen LogP contribution in [0.5, 0.6) is 0 Å². The van der Waals surface area contributed by atoms with Gasteiger partial charge in [-0.15, -0.1) is 0 Å². The molecule has 0 spiro atoms. The van der Waals surface area contributed by atoms with E-state index in [4.69, 9.17) is 0 Å². The van der Waals surface area contributed by atoms with Gasteiger partial charge in [0.25, 0.3) is 0 Å². The minimum atomic E-state index is 0.648. The molecule has 0 radical (unpaired) electrons. The van der Waals surface area contributed by atoms with Crippen molar-refractivity contribution in [3.8, 4) is 0 Å². The third-order valence-electron chi connectivity index (χ3n) is 3.82. The van der Waals surface area contributed by atoms with Crippen LogP contribution in [0.2, 0.25) is 0 Å². The molecule has 1 N–H and O–H groups in total. The second-order valence-electron chi connectivity index (χ2n) is 5.18. The summed E-state index contributed by atoms with van der Waals surface area (Å²) < 4.78 is 0. The van der Waals surface area contributed by atoms with Crippen LogP contribution in [0.4, 0.5) is 0 Å². The number of hydrogen-bond donors (Lipinski definition) is 1. The fraction of sp³-hybridized carbons (Fsp3) is 1.00. The van der Waals surface area contributed by atoms with Gasteiger partial charge in [-0.1, -0.05) is 33.1 Å². The summed E-state index contributed by atoms with van der Waals surface area (Å²) >= 11 is 2.11. The molecule has 1 aliphatic carbocycles. The first-order chi connectivity index (χ1) is 7.83. The molecule has 1 aliphatic rings. The van der Waals surface area contributed by atoms with Crippen LogP contribution in [0.25, 0.3) is 0 Å². The highest BCUT2D eigenvalue weighted by Crippen LogP contribution is 2.39. The van der Waals surface area contributed by atoms with Crippen molar-refractivity contribution in [2.24, 2.45) is 5.41 Å². The lowest BCUT2D eigenvalue weighted by molar-refractivity contribution is 0.176. The van der Waals surface area contributed by atoms with E-state index in [1.54, 1.807) is 0 Å². The van der Waals surface area contributed by atoms with E-state index in [1.807, 2.05) is 0 Å². The highest BCUT2D eigenvalue weighted by atomic mass is 32.2. The fourth-order valence-electron chi connectivity index (χ4n) is 2.78. The molecule has 0 heterocycles. The van der Waals surface area contributed by atoms with Gasteiger partial charge < -0.3 is 5.32 Å². The molecule has 0 aliphatic heterocycles. The van der Waals surface area contributed by atoms with E-state index in [0.717, 1.165) is 0 Å². The predicted molar refractivity (Wildman–Crippen MR) is 76.3 cm³/mol. The molecule has 1 nitrogen and oxygen atoms in total. The standard InChI is InChI=1S/C14H29NS/c1-3-11-15-13-14(10-12-16-4-2)8-6-5-7-9-14/h15H,3-13H2,1-2H3. The molecule has 96 valence electrons. The van der Waals surface area contributed by atoms with Crippen molar-refractivity contribution in [1.29, 1.82) is 0 Å². The average Bonchev–Trinajstić information content (AvgIpc) is 2.31. The lowest BCUT2D eigenvalue weighted by Gasteiger charge is -2.37. The van der Waals surface area contributed by atoms with Crippen LogP contribution < -0.4 is 5.32 Å². The normalized spacial score (nSPS) is 19.9. The van der Waals surface area contributed by atoms with Crippen LogP contribution in [-0.2, 0) is 0 Å². The fourth-order valence-corrected chi connectivity index (χ4v) is 3.65. The number of rotatable bonds is 8. The summed E-state index contributed by atoms with van der Waals surface area (Å²) in [5.41, 5.74) is 0.648. The van der Waals surface area contributed by atoms with Gasteiger partial charge in [-0.25, -0.2) is 0 Å². The Bertz CT molecular complexity index is 152. The summed E-state index contributed by atoms with van der Waals surface area (Å²) in [7, 11) is 0. The Hall–Kier alpha value is 0.310. The molecule has 0 amide bonds. The Balaban J connectivity index is 2.33. The van der Waals surface area contributed by atoms with E-state index < -0.39 is 0 Å². The van der Waals surface area contributed by atoms with Crippen molar-refractivity contribution < 1.29 is 0 Å². The Labute approximate surface area is 106 Å². The van der Waals surface area contributed by atoms with Gasteiger partial charge in [0, 0.05) is 6.54 Å². The zero-order chi connectivity index (χ0) is 11.7.